The van der Waals surface area contributed by atoms with Gasteiger partial charge in [-0.25, -0.2) is 0 Å². The van der Waals surface area contributed by atoms with Crippen molar-refractivity contribution in [2.45, 2.75) is 18.4 Å². The second-order valence-electron chi connectivity index (χ2n) is 7.85. The van der Waals surface area contributed by atoms with Gasteiger partial charge in [-0.3, -0.25) is 0 Å². The van der Waals surface area contributed by atoms with Crippen molar-refractivity contribution >= 4 is 28.9 Å². The second-order valence-corrected chi connectivity index (χ2v) is 8.63. The van der Waals surface area contributed by atoms with Crippen LogP contribution in [0.3, 0.4) is 0 Å². The summed E-state index contributed by atoms with van der Waals surface area (Å²) in [6, 6.07) is 21.9. The molecule has 5 heteroatoms. The number of hydrogen-bond acceptors (Lipinski definition) is 3. The largest absolute Gasteiger partial charge is 0.490 e. The van der Waals surface area contributed by atoms with Crippen molar-refractivity contribution in [2.75, 3.05) is 18.5 Å². The van der Waals surface area contributed by atoms with Crippen molar-refractivity contribution < 1.29 is 9.47 Å². The number of hydrogen-bond donors (Lipinski definition) is 1. The quantitative estimate of drug-likeness (QED) is 0.315. The van der Waals surface area contributed by atoms with E-state index in [0.717, 1.165) is 29.2 Å². The predicted octanol–water partition coefficient (Wildman–Crippen LogP) is 7.28. The zero-order valence-corrected chi connectivity index (χ0v) is 18.4. The van der Waals surface area contributed by atoms with E-state index in [1.54, 1.807) is 0 Å². The lowest BCUT2D eigenvalue weighted by molar-refractivity contribution is 0.217. The van der Waals surface area contributed by atoms with Crippen molar-refractivity contribution in [1.82, 2.24) is 0 Å². The molecule has 0 saturated carbocycles. The molecule has 3 atom stereocenters. The Bertz CT molecular complexity index is 1100. The molecule has 3 nitrogen and oxygen atoms in total. The highest BCUT2D eigenvalue weighted by Crippen LogP contribution is 2.53. The lowest BCUT2D eigenvalue weighted by Crippen LogP contribution is -2.29. The van der Waals surface area contributed by atoms with Crippen molar-refractivity contribution in [2.24, 2.45) is 5.92 Å². The Hall–Kier alpha value is -2.62. The van der Waals surface area contributed by atoms with Gasteiger partial charge in [-0.15, -0.1) is 0 Å². The predicted molar refractivity (Wildman–Crippen MR) is 127 cm³/mol. The monoisotopic (exact) mass is 451 g/mol. The van der Waals surface area contributed by atoms with Crippen molar-refractivity contribution in [3.05, 3.63) is 100 Å². The third-order valence-electron chi connectivity index (χ3n) is 6.03. The molecule has 0 radical (unpaired) electrons. The lowest BCUT2D eigenvalue weighted by Gasteiger charge is -2.38. The van der Waals surface area contributed by atoms with Gasteiger partial charge in [-0.05, 0) is 47.7 Å². The van der Waals surface area contributed by atoms with Crippen LogP contribution in [0.5, 0.6) is 11.5 Å². The molecule has 3 aromatic rings. The molecule has 158 valence electrons. The molecule has 0 spiro atoms. The number of anilines is 1. The molecular formula is C26H23Cl2NO2. The fraction of sp³-hybridized carbons (Fsp3) is 0.231. The summed E-state index contributed by atoms with van der Waals surface area (Å²) in [4.78, 5) is 0. The summed E-state index contributed by atoms with van der Waals surface area (Å²) in [7, 11) is 0. The van der Waals surface area contributed by atoms with Crippen LogP contribution in [-0.4, -0.2) is 13.2 Å². The Kier molecular flexibility index (Phi) is 5.80. The Labute approximate surface area is 192 Å². The summed E-state index contributed by atoms with van der Waals surface area (Å²) in [6.45, 7) is 0.933. The van der Waals surface area contributed by atoms with Crippen molar-refractivity contribution in [3.63, 3.8) is 0 Å². The van der Waals surface area contributed by atoms with Crippen molar-refractivity contribution in [1.29, 1.82) is 0 Å². The average Bonchev–Trinajstić information content (AvgIpc) is 3.29. The number of nitrogens with one attached hydrogen (secondary N) is 1. The number of ether oxygens (including phenoxy) is 2. The van der Waals surface area contributed by atoms with E-state index in [-0.39, 0.29) is 6.04 Å². The summed E-state index contributed by atoms with van der Waals surface area (Å²) >= 11 is 12.9. The van der Waals surface area contributed by atoms with Gasteiger partial charge in [0, 0.05) is 5.92 Å². The first-order valence-electron chi connectivity index (χ1n) is 10.5. The molecule has 0 bridgehead atoms. The van der Waals surface area contributed by atoms with Crippen LogP contribution < -0.4 is 14.8 Å². The number of fused-ring (bicyclic) bond motifs is 3. The molecule has 3 unspecified atom stereocenters. The molecule has 31 heavy (non-hydrogen) atoms. The van der Waals surface area contributed by atoms with Gasteiger partial charge in [0.05, 0.1) is 21.8 Å². The zero-order valence-electron chi connectivity index (χ0n) is 16.9. The summed E-state index contributed by atoms with van der Waals surface area (Å²) in [5.41, 5.74) is 3.31. The number of halogens is 2. The van der Waals surface area contributed by atoms with E-state index < -0.39 is 0 Å². The molecule has 1 aliphatic heterocycles. The Morgan fingerprint density at radius 2 is 1.61 bits per heavy atom. The normalized spacial score (nSPS) is 21.2. The zero-order chi connectivity index (χ0) is 21.2. The van der Waals surface area contributed by atoms with Crippen LogP contribution in [0, 0.1) is 5.92 Å². The van der Waals surface area contributed by atoms with Crippen molar-refractivity contribution in [3.8, 4) is 11.5 Å². The lowest BCUT2D eigenvalue weighted by atomic mass is 9.77. The molecular weight excluding hydrogens is 429 g/mol. The summed E-state index contributed by atoms with van der Waals surface area (Å²) in [5.74, 6) is 2.38. The van der Waals surface area contributed by atoms with Gasteiger partial charge in [0.15, 0.2) is 0 Å². The maximum Gasteiger partial charge on any atom is 0.142 e. The van der Waals surface area contributed by atoms with Crippen LogP contribution in [0.25, 0.3) is 0 Å². The molecule has 2 aliphatic rings. The second kappa shape index (κ2) is 8.86. The highest BCUT2D eigenvalue weighted by Gasteiger charge is 2.39. The minimum atomic E-state index is 0.0593. The van der Waals surface area contributed by atoms with E-state index in [2.05, 4.69) is 35.7 Å². The molecule has 1 aliphatic carbocycles. The van der Waals surface area contributed by atoms with E-state index >= 15 is 0 Å². The molecule has 5 rings (SSSR count). The highest BCUT2D eigenvalue weighted by molar-refractivity contribution is 6.42. The van der Waals surface area contributed by atoms with Crippen LogP contribution in [0.15, 0.2) is 78.9 Å². The maximum absolute atomic E-state index is 6.60. The number of benzene rings is 3. The number of allylic oxidation sites excluding steroid dienone is 2. The molecule has 1 N–H and O–H groups in total. The minimum absolute atomic E-state index is 0.0593. The van der Waals surface area contributed by atoms with Gasteiger partial charge >= 0.3 is 0 Å². The number of rotatable bonds is 6. The average molecular weight is 452 g/mol. The first-order valence-corrected chi connectivity index (χ1v) is 11.3. The number of para-hydroxylation sites is 2. The third-order valence-corrected chi connectivity index (χ3v) is 6.86. The van der Waals surface area contributed by atoms with E-state index in [0.29, 0.717) is 35.1 Å². The molecule has 3 aromatic carbocycles. The smallest absolute Gasteiger partial charge is 0.142 e. The fourth-order valence-electron chi connectivity index (χ4n) is 4.61. The minimum Gasteiger partial charge on any atom is -0.490 e. The van der Waals surface area contributed by atoms with Crippen LogP contribution in [0.1, 0.15) is 29.5 Å². The van der Waals surface area contributed by atoms with Crippen LogP contribution >= 0.6 is 23.2 Å². The molecule has 1 heterocycles. The SMILES string of the molecule is Clc1cccc(C2Nc3c(OCCOc4ccccc4)cccc3C3C=CCC32)c1Cl. The van der Waals surface area contributed by atoms with Gasteiger partial charge < -0.3 is 14.8 Å². The molecule has 0 amide bonds. The van der Waals surface area contributed by atoms with Gasteiger partial charge in [0.25, 0.3) is 0 Å². The highest BCUT2D eigenvalue weighted by atomic mass is 35.5. The Morgan fingerprint density at radius 1 is 0.839 bits per heavy atom. The third kappa shape index (κ3) is 4.00. The van der Waals surface area contributed by atoms with Gasteiger partial charge in [0.1, 0.15) is 24.7 Å². The topological polar surface area (TPSA) is 30.5 Å². The molecule has 0 aromatic heterocycles. The fourth-order valence-corrected chi connectivity index (χ4v) is 5.03. The maximum atomic E-state index is 6.60. The first-order chi connectivity index (χ1) is 15.2. The van der Waals surface area contributed by atoms with E-state index in [1.807, 2.05) is 48.5 Å². The van der Waals surface area contributed by atoms with Crippen LogP contribution in [0.2, 0.25) is 10.0 Å². The summed E-state index contributed by atoms with van der Waals surface area (Å²) < 4.78 is 11.9. The summed E-state index contributed by atoms with van der Waals surface area (Å²) in [6.07, 6.45) is 5.57. The van der Waals surface area contributed by atoms with E-state index in [9.17, 15) is 0 Å². The van der Waals surface area contributed by atoms with Gasteiger partial charge in [0.2, 0.25) is 0 Å². The van der Waals surface area contributed by atoms with Crippen LogP contribution in [-0.2, 0) is 0 Å². The first kappa shape index (κ1) is 20.3. The van der Waals surface area contributed by atoms with Crippen LogP contribution in [0.4, 0.5) is 5.69 Å². The standard InChI is InChI=1S/C26H23Cl2NO2/c27-22-13-5-12-21(24(22)28)25-19-10-4-9-18(19)20-11-6-14-23(26(20)29-25)31-16-15-30-17-7-2-1-3-8-17/h1-9,11-14,18-19,25,29H,10,15-16H2. The Balaban J connectivity index is 1.39. The van der Waals surface area contributed by atoms with Gasteiger partial charge in [-0.2, -0.15) is 0 Å². The Morgan fingerprint density at radius 3 is 2.48 bits per heavy atom. The molecule has 0 fully saturated rings. The van der Waals surface area contributed by atoms with E-state index in [1.165, 1.54) is 5.56 Å². The van der Waals surface area contributed by atoms with E-state index in [4.69, 9.17) is 32.7 Å². The molecule has 0 saturated heterocycles. The summed E-state index contributed by atoms with van der Waals surface area (Å²) in [5, 5.41) is 4.93. The van der Waals surface area contributed by atoms with Gasteiger partial charge in [-0.1, -0.05) is 77.8 Å².